The fourth-order valence-corrected chi connectivity index (χ4v) is 1.94. The number of likely N-dealkylation sites (N-methyl/N-ethyl adjacent to an activating group) is 1. The number of hydrogen-bond acceptors (Lipinski definition) is 2. The fraction of sp³-hybridized carbons (Fsp3) is 0.333. The zero-order valence-corrected chi connectivity index (χ0v) is 11.7. The third kappa shape index (κ3) is 3.90. The lowest BCUT2D eigenvalue weighted by atomic mass is 10.1. The van der Waals surface area contributed by atoms with Crippen molar-refractivity contribution in [1.82, 2.24) is 4.90 Å². The van der Waals surface area contributed by atoms with Gasteiger partial charge < -0.3 is 9.64 Å². The van der Waals surface area contributed by atoms with Gasteiger partial charge >= 0.3 is 0 Å². The van der Waals surface area contributed by atoms with Gasteiger partial charge in [0.15, 0.2) is 0 Å². The van der Waals surface area contributed by atoms with E-state index in [1.54, 1.807) is 7.11 Å². The summed E-state index contributed by atoms with van der Waals surface area (Å²) in [4.78, 5) is 2.32. The minimum absolute atomic E-state index is 0. The molecule has 0 spiro atoms. The molecule has 1 aromatic rings. The highest BCUT2D eigenvalue weighted by Crippen LogP contribution is 2.20. The van der Waals surface area contributed by atoms with Gasteiger partial charge in [0.1, 0.15) is 5.75 Å². The Morgan fingerprint density at radius 2 is 2.00 bits per heavy atom. The van der Waals surface area contributed by atoms with E-state index in [1.165, 1.54) is 5.57 Å². The van der Waals surface area contributed by atoms with Crippen LogP contribution < -0.4 is 4.74 Å². The highest BCUT2D eigenvalue weighted by Gasteiger charge is 2.05. The van der Waals surface area contributed by atoms with Crippen LogP contribution in [0, 0.1) is 0 Å². The van der Waals surface area contributed by atoms with Gasteiger partial charge in [-0.2, -0.15) is 0 Å². The maximum atomic E-state index is 5.32. The Morgan fingerprint density at radius 1 is 1.22 bits per heavy atom. The quantitative estimate of drug-likeness (QED) is 0.831. The lowest BCUT2D eigenvalue weighted by Crippen LogP contribution is -2.23. The summed E-state index contributed by atoms with van der Waals surface area (Å²) in [6.45, 7) is 2.19. The van der Waals surface area contributed by atoms with Crippen molar-refractivity contribution in [2.45, 2.75) is 6.42 Å². The van der Waals surface area contributed by atoms with E-state index in [0.717, 1.165) is 30.8 Å². The van der Waals surface area contributed by atoms with Gasteiger partial charge in [-0.05, 0) is 25.1 Å². The van der Waals surface area contributed by atoms with Crippen molar-refractivity contribution in [2.24, 2.45) is 0 Å². The molecule has 1 aliphatic rings. The number of rotatable bonds is 3. The van der Waals surface area contributed by atoms with Crippen LogP contribution in [0.15, 0.2) is 42.0 Å². The number of ether oxygens (including phenoxy) is 1. The second-order valence-electron chi connectivity index (χ2n) is 4.37. The molecule has 0 aliphatic carbocycles. The lowest BCUT2D eigenvalue weighted by Gasteiger charge is -2.20. The molecule has 2 nitrogen and oxygen atoms in total. The molecule has 2 rings (SSSR count). The number of benzene rings is 1. The van der Waals surface area contributed by atoms with Crippen LogP contribution in [0.25, 0.3) is 6.08 Å². The first-order valence-electron chi connectivity index (χ1n) is 5.98. The van der Waals surface area contributed by atoms with Gasteiger partial charge in [-0.15, -0.1) is 12.4 Å². The first-order chi connectivity index (χ1) is 8.29. The van der Waals surface area contributed by atoms with Crippen LogP contribution in [0.3, 0.4) is 0 Å². The van der Waals surface area contributed by atoms with Gasteiger partial charge in [0, 0.05) is 18.7 Å². The molecule has 98 valence electrons. The summed E-state index contributed by atoms with van der Waals surface area (Å²) in [7, 11) is 3.86. The molecule has 1 heterocycles. The molecule has 0 unspecified atom stereocenters. The highest BCUT2D eigenvalue weighted by atomic mass is 35.5. The van der Waals surface area contributed by atoms with E-state index in [-0.39, 0.29) is 12.4 Å². The van der Waals surface area contributed by atoms with Crippen LogP contribution in [0.1, 0.15) is 12.0 Å². The van der Waals surface area contributed by atoms with Gasteiger partial charge in [0.25, 0.3) is 0 Å². The second kappa shape index (κ2) is 7.24. The van der Waals surface area contributed by atoms with Crippen molar-refractivity contribution in [2.75, 3.05) is 27.2 Å². The Balaban J connectivity index is 0.00000162. The number of allylic oxidation sites excluding steroid dienone is 1. The molecular weight excluding hydrogens is 246 g/mol. The summed E-state index contributed by atoms with van der Waals surface area (Å²) in [6, 6.07) is 8.09. The number of halogens is 1. The third-order valence-electron chi connectivity index (χ3n) is 3.06. The summed E-state index contributed by atoms with van der Waals surface area (Å²) < 4.78 is 5.32. The molecule has 0 bridgehead atoms. The predicted molar refractivity (Wildman–Crippen MR) is 79.5 cm³/mol. The molecule has 18 heavy (non-hydrogen) atoms. The maximum absolute atomic E-state index is 5.32. The molecule has 0 aromatic heterocycles. The largest absolute Gasteiger partial charge is 0.496 e. The number of hydrogen-bond donors (Lipinski definition) is 0. The average Bonchev–Trinajstić information content (AvgIpc) is 2.38. The molecule has 0 N–H and O–H groups in total. The van der Waals surface area contributed by atoms with E-state index < -0.39 is 0 Å². The maximum Gasteiger partial charge on any atom is 0.126 e. The van der Waals surface area contributed by atoms with Crippen molar-refractivity contribution < 1.29 is 4.74 Å². The molecule has 0 amide bonds. The van der Waals surface area contributed by atoms with Crippen LogP contribution in [0.2, 0.25) is 0 Å². The summed E-state index contributed by atoms with van der Waals surface area (Å²) >= 11 is 0. The summed E-state index contributed by atoms with van der Waals surface area (Å²) in [5.74, 6) is 0.928. The van der Waals surface area contributed by atoms with Crippen molar-refractivity contribution in [1.29, 1.82) is 0 Å². The predicted octanol–water partition coefficient (Wildman–Crippen LogP) is 3.39. The summed E-state index contributed by atoms with van der Waals surface area (Å²) in [5.41, 5.74) is 2.55. The minimum Gasteiger partial charge on any atom is -0.496 e. The molecule has 0 fully saturated rings. The molecule has 0 radical (unpaired) electrons. The number of para-hydroxylation sites is 1. The zero-order valence-electron chi connectivity index (χ0n) is 10.9. The van der Waals surface area contributed by atoms with Gasteiger partial charge in [-0.1, -0.05) is 36.4 Å². The second-order valence-corrected chi connectivity index (χ2v) is 4.37. The van der Waals surface area contributed by atoms with Gasteiger partial charge in [0.2, 0.25) is 0 Å². The van der Waals surface area contributed by atoms with Crippen molar-refractivity contribution in [3.8, 4) is 5.75 Å². The van der Waals surface area contributed by atoms with Crippen LogP contribution >= 0.6 is 12.4 Å². The van der Waals surface area contributed by atoms with E-state index in [1.807, 2.05) is 18.2 Å². The Kier molecular flexibility index (Phi) is 5.96. The summed E-state index contributed by atoms with van der Waals surface area (Å²) in [5, 5.41) is 0. The smallest absolute Gasteiger partial charge is 0.126 e. The molecule has 1 aliphatic heterocycles. The highest BCUT2D eigenvalue weighted by molar-refractivity contribution is 5.85. The third-order valence-corrected chi connectivity index (χ3v) is 3.06. The first kappa shape index (κ1) is 14.8. The van der Waals surface area contributed by atoms with Crippen LogP contribution in [0.4, 0.5) is 0 Å². The standard InChI is InChI=1S/C15H19NO.ClH/c1-16-11-9-13(10-12-16)7-8-14-5-3-4-6-15(14)17-2;/h3-9H,10-12H2,1-2H3;1H/b8-7+;. The Morgan fingerprint density at radius 3 is 2.67 bits per heavy atom. The number of methoxy groups -OCH3 is 1. The first-order valence-corrected chi connectivity index (χ1v) is 5.98. The fourth-order valence-electron chi connectivity index (χ4n) is 1.94. The van der Waals surface area contributed by atoms with Gasteiger partial charge in [-0.3, -0.25) is 0 Å². The van der Waals surface area contributed by atoms with Crippen LogP contribution in [-0.2, 0) is 0 Å². The van der Waals surface area contributed by atoms with Crippen LogP contribution in [-0.4, -0.2) is 32.1 Å². The molecule has 3 heteroatoms. The van der Waals surface area contributed by atoms with Crippen molar-refractivity contribution in [3.05, 3.63) is 47.6 Å². The zero-order chi connectivity index (χ0) is 12.1. The van der Waals surface area contributed by atoms with Crippen molar-refractivity contribution >= 4 is 18.5 Å². The number of nitrogens with zero attached hydrogens (tertiary/aromatic N) is 1. The minimum atomic E-state index is 0. The van der Waals surface area contributed by atoms with Gasteiger partial charge in [-0.25, -0.2) is 0 Å². The molecule has 0 saturated heterocycles. The van der Waals surface area contributed by atoms with E-state index in [9.17, 15) is 0 Å². The molecule has 0 saturated carbocycles. The monoisotopic (exact) mass is 265 g/mol. The SMILES string of the molecule is COc1ccccc1/C=C/C1=CCN(C)CC1.Cl. The van der Waals surface area contributed by atoms with Crippen molar-refractivity contribution in [3.63, 3.8) is 0 Å². The molecule has 0 atom stereocenters. The molecule has 1 aromatic carbocycles. The van der Waals surface area contributed by atoms with E-state index >= 15 is 0 Å². The molecular formula is C15H20ClNO. The van der Waals surface area contributed by atoms with Gasteiger partial charge in [0.05, 0.1) is 7.11 Å². The Bertz CT molecular complexity index is 440. The average molecular weight is 266 g/mol. The normalized spacial score (nSPS) is 16.2. The Hall–Kier alpha value is -1.25. The van der Waals surface area contributed by atoms with E-state index in [4.69, 9.17) is 4.74 Å². The Labute approximate surface area is 115 Å². The lowest BCUT2D eigenvalue weighted by molar-refractivity contribution is 0.361. The van der Waals surface area contributed by atoms with E-state index in [0.29, 0.717) is 0 Å². The summed E-state index contributed by atoms with van der Waals surface area (Å²) in [6.07, 6.45) is 7.75. The van der Waals surface area contributed by atoms with Crippen LogP contribution in [0.5, 0.6) is 5.75 Å². The topological polar surface area (TPSA) is 12.5 Å². The van der Waals surface area contributed by atoms with E-state index in [2.05, 4.69) is 36.2 Å².